The summed E-state index contributed by atoms with van der Waals surface area (Å²) in [5.41, 5.74) is 4.46. The predicted molar refractivity (Wildman–Crippen MR) is 111 cm³/mol. The van der Waals surface area contributed by atoms with Crippen LogP contribution in [0.15, 0.2) is 48.5 Å². The van der Waals surface area contributed by atoms with Crippen LogP contribution in [-0.4, -0.2) is 61.2 Å². The third kappa shape index (κ3) is 4.58. The zero-order valence-corrected chi connectivity index (χ0v) is 17.5. The van der Waals surface area contributed by atoms with E-state index in [1.165, 1.54) is 19.6 Å². The van der Waals surface area contributed by atoms with Crippen molar-refractivity contribution >= 4 is 17.7 Å². The van der Waals surface area contributed by atoms with E-state index in [-0.39, 0.29) is 0 Å². The maximum absolute atomic E-state index is 12.8. The SMILES string of the molecule is CNC(=O)C(C(=O)NO)N(C)C(=O)c1ccc(-c2ccc(C3(C)OCCO3)cc2)cc1. The van der Waals surface area contributed by atoms with Crippen LogP contribution >= 0.6 is 0 Å². The molecular weight excluding hydrogens is 402 g/mol. The minimum absolute atomic E-state index is 0.294. The summed E-state index contributed by atoms with van der Waals surface area (Å²) >= 11 is 0. The number of nitrogens with zero attached hydrogens (tertiary/aromatic N) is 1. The number of ether oxygens (including phenoxy) is 2. The lowest BCUT2D eigenvalue weighted by Gasteiger charge is -2.25. The van der Waals surface area contributed by atoms with Crippen LogP contribution in [0.3, 0.4) is 0 Å². The minimum atomic E-state index is -1.50. The second kappa shape index (κ2) is 9.25. The van der Waals surface area contributed by atoms with Crippen molar-refractivity contribution in [3.8, 4) is 11.1 Å². The maximum atomic E-state index is 12.8. The van der Waals surface area contributed by atoms with E-state index in [9.17, 15) is 14.4 Å². The Labute approximate surface area is 179 Å². The van der Waals surface area contributed by atoms with Gasteiger partial charge < -0.3 is 19.7 Å². The van der Waals surface area contributed by atoms with E-state index in [1.807, 2.05) is 31.2 Å². The second-order valence-corrected chi connectivity index (χ2v) is 7.21. The predicted octanol–water partition coefficient (Wildman–Crippen LogP) is 1.27. The van der Waals surface area contributed by atoms with Crippen molar-refractivity contribution < 1.29 is 29.1 Å². The molecule has 2 aromatic rings. The molecule has 3 N–H and O–H groups in total. The molecule has 1 fully saturated rings. The third-order valence-corrected chi connectivity index (χ3v) is 5.27. The zero-order chi connectivity index (χ0) is 22.6. The molecule has 31 heavy (non-hydrogen) atoms. The fourth-order valence-electron chi connectivity index (χ4n) is 3.44. The molecular formula is C22H25N3O6. The van der Waals surface area contributed by atoms with Gasteiger partial charge >= 0.3 is 0 Å². The molecule has 164 valence electrons. The fraction of sp³-hybridized carbons (Fsp3) is 0.318. The molecule has 3 rings (SSSR count). The molecule has 0 aromatic heterocycles. The highest BCUT2D eigenvalue weighted by molar-refractivity contribution is 6.08. The van der Waals surface area contributed by atoms with Crippen LogP contribution in [0.5, 0.6) is 0 Å². The first-order chi connectivity index (χ1) is 14.8. The molecule has 1 heterocycles. The topological polar surface area (TPSA) is 117 Å². The highest BCUT2D eigenvalue weighted by Crippen LogP contribution is 2.32. The number of rotatable bonds is 6. The Morgan fingerprint density at radius 3 is 1.97 bits per heavy atom. The Balaban J connectivity index is 1.77. The van der Waals surface area contributed by atoms with Crippen LogP contribution < -0.4 is 10.8 Å². The molecule has 1 unspecified atom stereocenters. The second-order valence-electron chi connectivity index (χ2n) is 7.21. The molecule has 2 aromatic carbocycles. The average Bonchev–Trinajstić information content (AvgIpc) is 3.26. The van der Waals surface area contributed by atoms with Gasteiger partial charge in [-0.05, 0) is 30.2 Å². The molecule has 0 radical (unpaired) electrons. The Morgan fingerprint density at radius 1 is 0.968 bits per heavy atom. The number of amides is 3. The molecule has 0 aliphatic carbocycles. The summed E-state index contributed by atoms with van der Waals surface area (Å²) in [4.78, 5) is 37.5. The minimum Gasteiger partial charge on any atom is -0.357 e. The summed E-state index contributed by atoms with van der Waals surface area (Å²) in [6.45, 7) is 3.00. The standard InChI is InChI=1S/C22H25N3O6/c1-22(30-12-13-31-22)17-10-8-15(9-11-17)14-4-6-16(7-5-14)21(28)25(3)18(19(26)23-2)20(27)24-29/h4-11,18,29H,12-13H2,1-3H3,(H,23,26)(H,24,27). The van der Waals surface area contributed by atoms with Crippen molar-refractivity contribution in [3.05, 3.63) is 59.7 Å². The van der Waals surface area contributed by atoms with Crippen LogP contribution in [-0.2, 0) is 24.8 Å². The summed E-state index contributed by atoms with van der Waals surface area (Å²) in [5, 5.41) is 11.2. The van der Waals surface area contributed by atoms with Crippen molar-refractivity contribution in [2.75, 3.05) is 27.3 Å². The number of nitrogens with one attached hydrogen (secondary N) is 2. The van der Waals surface area contributed by atoms with Gasteiger partial charge in [-0.1, -0.05) is 36.4 Å². The van der Waals surface area contributed by atoms with Crippen LogP contribution in [0.2, 0.25) is 0 Å². The first-order valence-electron chi connectivity index (χ1n) is 9.72. The number of benzene rings is 2. The van der Waals surface area contributed by atoms with Gasteiger partial charge in [0.05, 0.1) is 13.2 Å². The van der Waals surface area contributed by atoms with Gasteiger partial charge in [0, 0.05) is 25.2 Å². The highest BCUT2D eigenvalue weighted by atomic mass is 16.7. The van der Waals surface area contributed by atoms with Crippen molar-refractivity contribution in [3.63, 3.8) is 0 Å². The number of hydrogen-bond donors (Lipinski definition) is 3. The van der Waals surface area contributed by atoms with Crippen LogP contribution in [0.25, 0.3) is 11.1 Å². The molecule has 0 spiro atoms. The number of hydroxylamine groups is 1. The van der Waals surface area contributed by atoms with Gasteiger partial charge in [-0.15, -0.1) is 0 Å². The summed E-state index contributed by atoms with van der Waals surface area (Å²) in [6, 6.07) is 13.1. The summed E-state index contributed by atoms with van der Waals surface area (Å²) in [6.07, 6.45) is 0. The molecule has 1 saturated heterocycles. The van der Waals surface area contributed by atoms with E-state index in [0.717, 1.165) is 21.6 Å². The normalized spacial score (nSPS) is 15.7. The molecule has 0 bridgehead atoms. The number of likely N-dealkylation sites (N-methyl/N-ethyl adjacent to an activating group) is 2. The van der Waals surface area contributed by atoms with Crippen LogP contribution in [0, 0.1) is 0 Å². The average molecular weight is 427 g/mol. The zero-order valence-electron chi connectivity index (χ0n) is 17.5. The number of hydrogen-bond acceptors (Lipinski definition) is 6. The van der Waals surface area contributed by atoms with E-state index in [4.69, 9.17) is 14.7 Å². The van der Waals surface area contributed by atoms with E-state index < -0.39 is 29.6 Å². The van der Waals surface area contributed by atoms with Gasteiger partial charge in [0.25, 0.3) is 17.7 Å². The Bertz CT molecular complexity index is 936. The Hall–Kier alpha value is -3.27. The fourth-order valence-corrected chi connectivity index (χ4v) is 3.44. The van der Waals surface area contributed by atoms with Crippen molar-refractivity contribution in [1.29, 1.82) is 0 Å². The van der Waals surface area contributed by atoms with Gasteiger partial charge in [0.2, 0.25) is 0 Å². The summed E-state index contributed by atoms with van der Waals surface area (Å²) in [7, 11) is 2.65. The third-order valence-electron chi connectivity index (χ3n) is 5.27. The van der Waals surface area contributed by atoms with E-state index in [0.29, 0.717) is 18.8 Å². The van der Waals surface area contributed by atoms with Crippen molar-refractivity contribution in [2.24, 2.45) is 0 Å². The molecule has 1 atom stereocenters. The molecule has 3 amide bonds. The molecule has 1 aliphatic rings. The maximum Gasteiger partial charge on any atom is 0.275 e. The lowest BCUT2D eigenvalue weighted by atomic mass is 9.99. The van der Waals surface area contributed by atoms with Crippen LogP contribution in [0.4, 0.5) is 0 Å². The van der Waals surface area contributed by atoms with Gasteiger partial charge in [-0.2, -0.15) is 0 Å². The van der Waals surface area contributed by atoms with E-state index in [1.54, 1.807) is 24.3 Å². The summed E-state index contributed by atoms with van der Waals surface area (Å²) < 4.78 is 11.3. The summed E-state index contributed by atoms with van der Waals surface area (Å²) in [5.74, 6) is -3.00. The molecule has 9 nitrogen and oxygen atoms in total. The van der Waals surface area contributed by atoms with Gasteiger partial charge in [0.1, 0.15) is 0 Å². The first kappa shape index (κ1) is 22.4. The van der Waals surface area contributed by atoms with E-state index in [2.05, 4.69) is 5.32 Å². The number of carbonyl (C=O) groups excluding carboxylic acids is 3. The lowest BCUT2D eigenvalue weighted by Crippen LogP contribution is -2.54. The monoisotopic (exact) mass is 427 g/mol. The quantitative estimate of drug-likeness (QED) is 0.363. The van der Waals surface area contributed by atoms with Gasteiger partial charge in [-0.3, -0.25) is 19.6 Å². The van der Waals surface area contributed by atoms with Gasteiger partial charge in [0.15, 0.2) is 11.8 Å². The van der Waals surface area contributed by atoms with E-state index >= 15 is 0 Å². The van der Waals surface area contributed by atoms with Gasteiger partial charge in [-0.25, -0.2) is 5.48 Å². The highest BCUT2D eigenvalue weighted by Gasteiger charge is 2.34. The first-order valence-corrected chi connectivity index (χ1v) is 9.72. The Kier molecular flexibility index (Phi) is 6.69. The van der Waals surface area contributed by atoms with Crippen LogP contribution in [0.1, 0.15) is 22.8 Å². The lowest BCUT2D eigenvalue weighted by molar-refractivity contribution is -0.149. The Morgan fingerprint density at radius 2 is 1.48 bits per heavy atom. The molecule has 0 saturated carbocycles. The number of carbonyl (C=O) groups is 3. The van der Waals surface area contributed by atoms with Crippen molar-refractivity contribution in [1.82, 2.24) is 15.7 Å². The largest absolute Gasteiger partial charge is 0.357 e. The smallest absolute Gasteiger partial charge is 0.275 e. The van der Waals surface area contributed by atoms with Crippen molar-refractivity contribution in [2.45, 2.75) is 18.8 Å². The molecule has 1 aliphatic heterocycles. The molecule has 9 heteroatoms.